The molecule has 4 heteroatoms. The Morgan fingerprint density at radius 1 is 0.500 bits per heavy atom. The van der Waals surface area contributed by atoms with E-state index in [0.29, 0.717) is 0 Å². The van der Waals surface area contributed by atoms with Crippen molar-refractivity contribution in [2.45, 2.75) is 0 Å². The second-order valence-electron chi connectivity index (χ2n) is 8.93. The Morgan fingerprint density at radius 3 is 1.82 bits per heavy atom. The maximum atomic E-state index is 6.40. The Kier molecular flexibility index (Phi) is 3.48. The van der Waals surface area contributed by atoms with Crippen molar-refractivity contribution < 1.29 is 9.47 Å². The maximum absolute atomic E-state index is 6.40. The molecule has 158 valence electrons. The first kappa shape index (κ1) is 18.0. The molecule has 0 spiro atoms. The van der Waals surface area contributed by atoms with Gasteiger partial charge >= 0.3 is 0 Å². The van der Waals surface area contributed by atoms with Crippen LogP contribution in [-0.4, -0.2) is 11.3 Å². The van der Waals surface area contributed by atoms with Crippen LogP contribution < -0.4 is 25.9 Å². The van der Waals surface area contributed by atoms with Crippen molar-refractivity contribution in [3.8, 4) is 28.7 Å². The Labute approximate surface area is 196 Å². The van der Waals surface area contributed by atoms with Crippen molar-refractivity contribution in [1.29, 1.82) is 0 Å². The third-order valence-corrected chi connectivity index (χ3v) is 7.13. The van der Waals surface area contributed by atoms with E-state index in [1.54, 1.807) is 0 Å². The Balaban J connectivity index is 1.42. The molecule has 0 saturated heterocycles. The highest BCUT2D eigenvalue weighted by Gasteiger charge is 2.39. The molecule has 8 rings (SSSR count). The van der Waals surface area contributed by atoms with E-state index < -0.39 is 0 Å². The van der Waals surface area contributed by atoms with Crippen molar-refractivity contribution in [3.05, 3.63) is 109 Å². The van der Waals surface area contributed by atoms with Crippen LogP contribution >= 0.6 is 0 Å². The molecule has 3 heterocycles. The topological polar surface area (TPSA) is 23.4 Å². The normalized spacial score (nSPS) is 13.1. The minimum atomic E-state index is 0.0629. The van der Waals surface area contributed by atoms with Crippen LogP contribution in [0.1, 0.15) is 0 Å². The summed E-state index contributed by atoms with van der Waals surface area (Å²) in [6, 6.07) is 38.2. The third kappa shape index (κ3) is 2.32. The zero-order valence-electron chi connectivity index (χ0n) is 18.2. The van der Waals surface area contributed by atoms with E-state index in [-0.39, 0.29) is 6.71 Å². The van der Waals surface area contributed by atoms with Gasteiger partial charge in [0, 0.05) is 21.9 Å². The summed E-state index contributed by atoms with van der Waals surface area (Å²) >= 11 is 0. The van der Waals surface area contributed by atoms with Gasteiger partial charge in [0.1, 0.15) is 23.0 Å². The Bertz CT molecular complexity index is 1720. The molecule has 34 heavy (non-hydrogen) atoms. The second-order valence-corrected chi connectivity index (χ2v) is 8.93. The fourth-order valence-corrected chi connectivity index (χ4v) is 5.71. The number of fused-ring (bicyclic) bond motifs is 7. The van der Waals surface area contributed by atoms with Crippen LogP contribution in [0.2, 0.25) is 0 Å². The summed E-state index contributed by atoms with van der Waals surface area (Å²) in [6.45, 7) is 0.0629. The zero-order chi connectivity index (χ0) is 22.2. The number of nitrogens with zero attached hydrogens (tertiary/aromatic N) is 1. The van der Waals surface area contributed by atoms with Gasteiger partial charge < -0.3 is 14.0 Å². The lowest BCUT2D eigenvalue weighted by molar-refractivity contribution is 0.464. The first-order valence-corrected chi connectivity index (χ1v) is 11.6. The lowest BCUT2D eigenvalue weighted by Gasteiger charge is -2.33. The molecule has 1 aromatic heterocycles. The lowest BCUT2D eigenvalue weighted by atomic mass is 9.35. The van der Waals surface area contributed by atoms with Gasteiger partial charge in [0.2, 0.25) is 0 Å². The van der Waals surface area contributed by atoms with Gasteiger partial charge in [-0.15, -0.1) is 0 Å². The van der Waals surface area contributed by atoms with Gasteiger partial charge in [0.25, 0.3) is 6.71 Å². The van der Waals surface area contributed by atoms with Gasteiger partial charge in [-0.2, -0.15) is 0 Å². The molecule has 0 radical (unpaired) electrons. The molecule has 6 aromatic rings. The van der Waals surface area contributed by atoms with Gasteiger partial charge in [-0.05, 0) is 59.5 Å². The van der Waals surface area contributed by atoms with E-state index in [1.165, 1.54) is 27.3 Å². The second kappa shape index (κ2) is 6.55. The number of ether oxygens (including phenoxy) is 2. The first-order chi connectivity index (χ1) is 16.9. The molecule has 2 aliphatic heterocycles. The summed E-state index contributed by atoms with van der Waals surface area (Å²) in [5.74, 6) is 3.55. The van der Waals surface area contributed by atoms with Crippen LogP contribution in [-0.2, 0) is 0 Å². The molecule has 0 bridgehead atoms. The molecular formula is C30H18BNO2. The molecule has 5 aromatic carbocycles. The van der Waals surface area contributed by atoms with Crippen LogP contribution in [0.15, 0.2) is 109 Å². The Morgan fingerprint density at radius 2 is 1.09 bits per heavy atom. The SMILES string of the molecule is c1ccc2c(c1)Oc1cccc3c1B2c1cc(-n2c4ccccc4c4ccccc42)ccc1O3. The van der Waals surface area contributed by atoms with Gasteiger partial charge in [0.05, 0.1) is 11.0 Å². The van der Waals surface area contributed by atoms with Crippen molar-refractivity contribution >= 4 is 44.9 Å². The van der Waals surface area contributed by atoms with Gasteiger partial charge in [0.15, 0.2) is 0 Å². The van der Waals surface area contributed by atoms with Crippen molar-refractivity contribution in [2.24, 2.45) is 0 Å². The average Bonchev–Trinajstić information content (AvgIpc) is 3.23. The predicted octanol–water partition coefficient (Wildman–Crippen LogP) is 5.51. The minimum absolute atomic E-state index is 0.0629. The van der Waals surface area contributed by atoms with Crippen molar-refractivity contribution in [1.82, 2.24) is 4.57 Å². The summed E-state index contributed by atoms with van der Waals surface area (Å²) in [5.41, 5.74) is 6.97. The largest absolute Gasteiger partial charge is 0.458 e. The van der Waals surface area contributed by atoms with E-state index in [4.69, 9.17) is 9.47 Å². The van der Waals surface area contributed by atoms with Gasteiger partial charge in [-0.1, -0.05) is 60.7 Å². The van der Waals surface area contributed by atoms with E-state index in [9.17, 15) is 0 Å². The molecule has 0 atom stereocenters. The van der Waals surface area contributed by atoms with E-state index in [0.717, 1.165) is 39.6 Å². The highest BCUT2D eigenvalue weighted by atomic mass is 16.5. The number of para-hydroxylation sites is 3. The maximum Gasteiger partial charge on any atom is 0.260 e. The highest BCUT2D eigenvalue weighted by molar-refractivity contribution is 6.98. The number of benzene rings is 5. The molecule has 0 unspecified atom stereocenters. The summed E-state index contributed by atoms with van der Waals surface area (Å²) < 4.78 is 15.0. The predicted molar refractivity (Wildman–Crippen MR) is 138 cm³/mol. The summed E-state index contributed by atoms with van der Waals surface area (Å²) in [7, 11) is 0. The molecule has 0 amide bonds. The standard InChI is InChI=1S/C30H18BNO2/c1-4-11-24-20(8-1)21-9-2-5-12-25(21)32(24)19-16-17-27-23(18-19)31-22-10-3-6-13-26(22)33-28-14-7-15-29(34-27)30(28)31/h1-18H. The van der Waals surface area contributed by atoms with E-state index >= 15 is 0 Å². The lowest BCUT2D eigenvalue weighted by Crippen LogP contribution is -2.57. The fraction of sp³-hybridized carbons (Fsp3) is 0. The van der Waals surface area contributed by atoms with E-state index in [2.05, 4.69) is 89.5 Å². The first-order valence-electron chi connectivity index (χ1n) is 11.6. The molecule has 3 nitrogen and oxygen atoms in total. The third-order valence-electron chi connectivity index (χ3n) is 7.13. The van der Waals surface area contributed by atoms with E-state index in [1.807, 2.05) is 24.3 Å². The number of rotatable bonds is 1. The fourth-order valence-electron chi connectivity index (χ4n) is 5.71. The van der Waals surface area contributed by atoms with Crippen molar-refractivity contribution in [3.63, 3.8) is 0 Å². The van der Waals surface area contributed by atoms with Crippen LogP contribution in [0.5, 0.6) is 23.0 Å². The smallest absolute Gasteiger partial charge is 0.260 e. The van der Waals surface area contributed by atoms with Crippen LogP contribution in [0.3, 0.4) is 0 Å². The van der Waals surface area contributed by atoms with Crippen molar-refractivity contribution in [2.75, 3.05) is 0 Å². The zero-order valence-corrected chi connectivity index (χ0v) is 18.2. The molecule has 0 N–H and O–H groups in total. The Hall–Kier alpha value is -4.44. The summed E-state index contributed by atoms with van der Waals surface area (Å²) in [5, 5.41) is 2.52. The monoisotopic (exact) mass is 435 g/mol. The van der Waals surface area contributed by atoms with Crippen LogP contribution in [0, 0.1) is 0 Å². The molecule has 2 aliphatic rings. The molecule has 0 saturated carbocycles. The molecule has 0 aliphatic carbocycles. The number of hydrogen-bond donors (Lipinski definition) is 0. The summed E-state index contributed by atoms with van der Waals surface area (Å²) in [4.78, 5) is 0. The average molecular weight is 435 g/mol. The minimum Gasteiger partial charge on any atom is -0.458 e. The van der Waals surface area contributed by atoms with Gasteiger partial charge in [-0.25, -0.2) is 0 Å². The molecular weight excluding hydrogens is 417 g/mol. The summed E-state index contributed by atoms with van der Waals surface area (Å²) in [6.07, 6.45) is 0. The quantitative estimate of drug-likeness (QED) is 0.318. The van der Waals surface area contributed by atoms with Crippen LogP contribution in [0.4, 0.5) is 0 Å². The molecule has 0 fully saturated rings. The highest BCUT2D eigenvalue weighted by Crippen LogP contribution is 2.36. The number of aromatic nitrogens is 1. The number of hydrogen-bond acceptors (Lipinski definition) is 2. The van der Waals surface area contributed by atoms with Crippen LogP contribution in [0.25, 0.3) is 27.5 Å². The van der Waals surface area contributed by atoms with Gasteiger partial charge in [-0.3, -0.25) is 0 Å².